The number of ether oxygens (including phenoxy) is 1. The maximum Gasteiger partial charge on any atom is 0.226 e. The second-order valence-corrected chi connectivity index (χ2v) is 9.87. The molecule has 1 N–H and O–H groups in total. The Morgan fingerprint density at radius 2 is 2.11 bits per heavy atom. The summed E-state index contributed by atoms with van der Waals surface area (Å²) in [5, 5.41) is 10.7. The quantitative estimate of drug-likeness (QED) is 0.768. The molecule has 154 valence electrons. The van der Waals surface area contributed by atoms with Gasteiger partial charge < -0.3 is 15.0 Å². The molecule has 2 saturated heterocycles. The van der Waals surface area contributed by atoms with Crippen LogP contribution >= 0.6 is 11.3 Å². The van der Waals surface area contributed by atoms with Crippen molar-refractivity contribution in [2.45, 2.75) is 33.1 Å². The van der Waals surface area contributed by atoms with Gasteiger partial charge in [0.05, 0.1) is 13.2 Å². The summed E-state index contributed by atoms with van der Waals surface area (Å²) in [6.45, 7) is 10.9. The minimum absolute atomic E-state index is 0.0824. The summed E-state index contributed by atoms with van der Waals surface area (Å²) in [6.07, 6.45) is 1.58. The van der Waals surface area contributed by atoms with Crippen LogP contribution in [0.1, 0.15) is 33.1 Å². The number of hydrogen-bond donors (Lipinski definition) is 1. The number of aromatic nitrogens is 2. The molecule has 2 atom stereocenters. The van der Waals surface area contributed by atoms with E-state index in [1.54, 1.807) is 5.51 Å². The number of rotatable bonds is 6. The van der Waals surface area contributed by atoms with Crippen LogP contribution in [0, 0.1) is 16.7 Å². The van der Waals surface area contributed by atoms with E-state index in [2.05, 4.69) is 34.3 Å². The average molecular weight is 408 g/mol. The van der Waals surface area contributed by atoms with Crippen LogP contribution in [0.2, 0.25) is 0 Å². The van der Waals surface area contributed by atoms with E-state index in [1.165, 1.54) is 11.3 Å². The molecule has 1 saturated carbocycles. The van der Waals surface area contributed by atoms with Crippen LogP contribution in [0.15, 0.2) is 5.51 Å². The van der Waals surface area contributed by atoms with E-state index < -0.39 is 0 Å². The Hall–Kier alpha value is -1.58. The lowest BCUT2D eigenvalue weighted by Crippen LogP contribution is -2.59. The number of hydrogen-bond acceptors (Lipinski definition) is 7. The first-order valence-electron chi connectivity index (χ1n) is 10.0. The zero-order valence-corrected chi connectivity index (χ0v) is 17.5. The fraction of sp³-hybridized carbons (Fsp3) is 0.789. The van der Waals surface area contributed by atoms with Crippen LogP contribution in [-0.2, 0) is 14.3 Å². The van der Waals surface area contributed by atoms with Gasteiger partial charge >= 0.3 is 0 Å². The summed E-state index contributed by atoms with van der Waals surface area (Å²) >= 11 is 1.27. The van der Waals surface area contributed by atoms with Crippen LogP contribution in [0.3, 0.4) is 0 Å². The number of anilines is 1. The van der Waals surface area contributed by atoms with Gasteiger partial charge in [-0.15, -0.1) is 10.2 Å². The Balaban J connectivity index is 1.32. The third-order valence-corrected chi connectivity index (χ3v) is 7.17. The Morgan fingerprint density at radius 1 is 1.32 bits per heavy atom. The monoisotopic (exact) mass is 407 g/mol. The highest BCUT2D eigenvalue weighted by Gasteiger charge is 2.63. The minimum Gasteiger partial charge on any atom is -0.379 e. The molecule has 1 aromatic rings. The van der Waals surface area contributed by atoms with Crippen LogP contribution in [0.5, 0.6) is 0 Å². The van der Waals surface area contributed by atoms with E-state index in [-0.39, 0.29) is 35.5 Å². The van der Waals surface area contributed by atoms with Crippen molar-refractivity contribution in [1.82, 2.24) is 20.0 Å². The molecule has 3 aliphatic rings. The molecule has 2 aliphatic heterocycles. The zero-order valence-electron chi connectivity index (χ0n) is 16.6. The molecule has 1 aliphatic carbocycles. The van der Waals surface area contributed by atoms with Gasteiger partial charge in [0.25, 0.3) is 0 Å². The van der Waals surface area contributed by atoms with E-state index in [0.29, 0.717) is 11.0 Å². The van der Waals surface area contributed by atoms with Gasteiger partial charge in [0.2, 0.25) is 16.9 Å². The van der Waals surface area contributed by atoms with E-state index in [9.17, 15) is 9.59 Å². The predicted octanol–water partition coefficient (Wildman–Crippen LogP) is 1.46. The van der Waals surface area contributed by atoms with Gasteiger partial charge in [-0.1, -0.05) is 25.2 Å². The molecule has 0 aromatic carbocycles. The number of nitrogens with one attached hydrogen (secondary N) is 1. The third kappa shape index (κ3) is 3.92. The Bertz CT molecular complexity index is 719. The van der Waals surface area contributed by atoms with E-state index in [0.717, 1.165) is 52.4 Å². The van der Waals surface area contributed by atoms with Gasteiger partial charge in [0.1, 0.15) is 5.51 Å². The Labute approximate surface area is 169 Å². The topological polar surface area (TPSA) is 87.7 Å². The average Bonchev–Trinajstić information content (AvgIpc) is 3.27. The molecule has 0 unspecified atom stereocenters. The van der Waals surface area contributed by atoms with Crippen molar-refractivity contribution in [2.75, 3.05) is 51.3 Å². The number of nitrogens with zero attached hydrogens (tertiary/aromatic N) is 4. The van der Waals surface area contributed by atoms with Gasteiger partial charge in [-0.05, 0) is 17.8 Å². The first-order valence-corrected chi connectivity index (χ1v) is 10.9. The van der Waals surface area contributed by atoms with Gasteiger partial charge in [-0.3, -0.25) is 14.5 Å². The normalized spacial score (nSPS) is 29.2. The van der Waals surface area contributed by atoms with Crippen LogP contribution < -0.4 is 5.32 Å². The molecule has 1 aromatic heterocycles. The molecule has 3 heterocycles. The van der Waals surface area contributed by atoms with Gasteiger partial charge in [0.15, 0.2) is 0 Å². The molecule has 8 nitrogen and oxygen atoms in total. The molecule has 0 radical (unpaired) electrons. The van der Waals surface area contributed by atoms with E-state index >= 15 is 0 Å². The largest absolute Gasteiger partial charge is 0.379 e. The number of amides is 2. The molecule has 0 bridgehead atoms. The molecule has 9 heteroatoms. The maximum absolute atomic E-state index is 12.8. The second kappa shape index (κ2) is 7.68. The molecular formula is C19H29N5O3S. The number of carbonyl (C=O) groups is 2. The molecule has 3 fully saturated rings. The summed E-state index contributed by atoms with van der Waals surface area (Å²) in [7, 11) is 0. The standard InChI is InChI=1S/C19H29N5O3S/c1-18(2)10-19(11-23-5-7-27-8-6-23)12-24(9-14(18)19)16(26)4-3-15(25)21-17-22-20-13-28-17/h13-14H,3-12H2,1-2H3,(H,21,22,25)/t14-,19+/m1/s1. The summed E-state index contributed by atoms with van der Waals surface area (Å²) < 4.78 is 5.48. The first kappa shape index (κ1) is 19.7. The van der Waals surface area contributed by atoms with E-state index in [4.69, 9.17) is 4.74 Å². The SMILES string of the molecule is CC1(C)C[C@]2(CN3CCOCC3)CN(C(=O)CCC(=O)Nc3nncs3)C[C@H]12. The highest BCUT2D eigenvalue weighted by atomic mass is 32.1. The fourth-order valence-corrected chi connectivity index (χ4v) is 5.98. The molecule has 28 heavy (non-hydrogen) atoms. The Kier molecular flexibility index (Phi) is 5.41. The highest BCUT2D eigenvalue weighted by molar-refractivity contribution is 7.13. The van der Waals surface area contributed by atoms with Crippen molar-refractivity contribution in [3.63, 3.8) is 0 Å². The number of fused-ring (bicyclic) bond motifs is 1. The lowest BCUT2D eigenvalue weighted by atomic mass is 9.48. The first-order chi connectivity index (χ1) is 13.4. The third-order valence-electron chi connectivity index (χ3n) is 6.57. The fourth-order valence-electron chi connectivity index (χ4n) is 5.52. The second-order valence-electron chi connectivity index (χ2n) is 9.04. The lowest BCUT2D eigenvalue weighted by Gasteiger charge is -2.58. The Morgan fingerprint density at radius 3 is 2.79 bits per heavy atom. The summed E-state index contributed by atoms with van der Waals surface area (Å²) in [5.74, 6) is 0.427. The smallest absolute Gasteiger partial charge is 0.226 e. The van der Waals surface area contributed by atoms with Crippen LogP contribution in [0.4, 0.5) is 5.13 Å². The molecular weight excluding hydrogens is 378 g/mol. The molecule has 4 rings (SSSR count). The van der Waals surface area contributed by atoms with Crippen molar-refractivity contribution in [3.05, 3.63) is 5.51 Å². The summed E-state index contributed by atoms with van der Waals surface area (Å²) in [5.41, 5.74) is 2.04. The number of likely N-dealkylation sites (tertiary alicyclic amines) is 1. The van der Waals surface area contributed by atoms with Gasteiger partial charge in [-0.2, -0.15) is 0 Å². The lowest BCUT2D eigenvalue weighted by molar-refractivity contribution is -0.132. The number of carbonyl (C=O) groups excluding carboxylic acids is 2. The van der Waals surface area contributed by atoms with Gasteiger partial charge in [-0.25, -0.2) is 0 Å². The zero-order chi connectivity index (χ0) is 19.8. The minimum atomic E-state index is -0.185. The maximum atomic E-state index is 12.8. The van der Waals surface area contributed by atoms with Crippen molar-refractivity contribution in [3.8, 4) is 0 Å². The predicted molar refractivity (Wildman–Crippen MR) is 106 cm³/mol. The van der Waals surface area contributed by atoms with Crippen molar-refractivity contribution < 1.29 is 14.3 Å². The summed E-state index contributed by atoms with van der Waals surface area (Å²) in [4.78, 5) is 29.3. The van der Waals surface area contributed by atoms with Crippen molar-refractivity contribution in [2.24, 2.45) is 16.7 Å². The molecule has 0 spiro atoms. The van der Waals surface area contributed by atoms with E-state index in [1.807, 2.05) is 4.90 Å². The molecule has 2 amide bonds. The van der Waals surface area contributed by atoms with Crippen LogP contribution in [0.25, 0.3) is 0 Å². The van der Waals surface area contributed by atoms with Crippen molar-refractivity contribution in [1.29, 1.82) is 0 Å². The van der Waals surface area contributed by atoms with Crippen LogP contribution in [-0.4, -0.2) is 77.7 Å². The van der Waals surface area contributed by atoms with Crippen molar-refractivity contribution >= 4 is 28.3 Å². The van der Waals surface area contributed by atoms with Gasteiger partial charge in [0, 0.05) is 51.0 Å². The number of morpholine rings is 1. The summed E-state index contributed by atoms with van der Waals surface area (Å²) in [6, 6.07) is 0. The highest BCUT2D eigenvalue weighted by Crippen LogP contribution is 2.63.